The molecule has 0 radical (unpaired) electrons. The van der Waals surface area contributed by atoms with E-state index in [4.69, 9.17) is 14.7 Å². The number of hydrogen-bond acceptors (Lipinski definition) is 4. The van der Waals surface area contributed by atoms with Gasteiger partial charge in [0.05, 0.1) is 18.8 Å². The number of hydrogen-bond donors (Lipinski definition) is 1. The Bertz CT molecular complexity index is 429. The summed E-state index contributed by atoms with van der Waals surface area (Å²) in [7, 11) is 0. The first kappa shape index (κ1) is 14.4. The molecule has 0 aliphatic heterocycles. The summed E-state index contributed by atoms with van der Waals surface area (Å²) < 4.78 is 23.5. The first-order valence-corrected chi connectivity index (χ1v) is 5.66. The molecular weight excluding hydrogens is 237 g/mol. The molecule has 1 unspecified atom stereocenters. The normalized spacial score (nSPS) is 13.7. The number of aliphatic hydroxyl groups excluding tert-OH is 1. The van der Waals surface area contributed by atoms with Gasteiger partial charge < -0.3 is 14.6 Å². The maximum absolute atomic E-state index is 13.1. The minimum absolute atomic E-state index is 0.190. The lowest BCUT2D eigenvalue weighted by Gasteiger charge is -2.14. The Morgan fingerprint density at radius 3 is 2.72 bits per heavy atom. The van der Waals surface area contributed by atoms with E-state index in [-0.39, 0.29) is 13.2 Å². The average molecular weight is 253 g/mol. The summed E-state index contributed by atoms with van der Waals surface area (Å²) >= 11 is 0. The van der Waals surface area contributed by atoms with E-state index < -0.39 is 18.0 Å². The van der Waals surface area contributed by atoms with Crippen LogP contribution in [0.1, 0.15) is 25.5 Å². The van der Waals surface area contributed by atoms with Crippen molar-refractivity contribution >= 4 is 0 Å². The molecule has 0 bridgehead atoms. The lowest BCUT2D eigenvalue weighted by molar-refractivity contribution is 0.0730. The Morgan fingerprint density at radius 1 is 1.39 bits per heavy atom. The van der Waals surface area contributed by atoms with Crippen molar-refractivity contribution in [3.8, 4) is 11.8 Å². The van der Waals surface area contributed by atoms with Crippen LogP contribution >= 0.6 is 0 Å². The van der Waals surface area contributed by atoms with Crippen LogP contribution in [0, 0.1) is 17.1 Å². The van der Waals surface area contributed by atoms with Crippen molar-refractivity contribution in [3.05, 3.63) is 29.6 Å². The standard InChI is InChI=1S/C13H16FNO3/c1-9(8-15)17-5-6-18-13-7-11(14)3-4-12(13)10(2)16/h3-4,7,9-10,16H,5-6H2,1-2H3/t9?,10-/m1/s1. The Morgan fingerprint density at radius 2 is 2.11 bits per heavy atom. The van der Waals surface area contributed by atoms with E-state index in [9.17, 15) is 9.50 Å². The van der Waals surface area contributed by atoms with Crippen molar-refractivity contribution in [1.29, 1.82) is 5.26 Å². The number of rotatable bonds is 6. The van der Waals surface area contributed by atoms with Crippen LogP contribution in [0.4, 0.5) is 4.39 Å². The predicted octanol–water partition coefficient (Wildman–Crippen LogP) is 2.19. The highest BCUT2D eigenvalue weighted by Crippen LogP contribution is 2.25. The topological polar surface area (TPSA) is 62.5 Å². The Balaban J connectivity index is 2.56. The second-order valence-corrected chi connectivity index (χ2v) is 3.85. The first-order chi connectivity index (χ1) is 8.54. The van der Waals surface area contributed by atoms with Gasteiger partial charge in [-0.05, 0) is 26.0 Å². The van der Waals surface area contributed by atoms with Crippen LogP contribution in [-0.4, -0.2) is 24.4 Å². The van der Waals surface area contributed by atoms with Crippen molar-refractivity contribution in [3.63, 3.8) is 0 Å². The molecule has 4 nitrogen and oxygen atoms in total. The summed E-state index contributed by atoms with van der Waals surface area (Å²) in [6.45, 7) is 3.62. The van der Waals surface area contributed by atoms with E-state index in [1.54, 1.807) is 13.8 Å². The molecule has 1 rings (SSSR count). The third-order valence-corrected chi connectivity index (χ3v) is 2.32. The highest BCUT2D eigenvalue weighted by Gasteiger charge is 2.10. The molecule has 0 aliphatic rings. The van der Waals surface area contributed by atoms with Gasteiger partial charge in [0, 0.05) is 11.6 Å². The van der Waals surface area contributed by atoms with Gasteiger partial charge in [-0.15, -0.1) is 0 Å². The molecule has 0 heterocycles. The van der Waals surface area contributed by atoms with Gasteiger partial charge in [-0.25, -0.2) is 4.39 Å². The minimum atomic E-state index is -0.737. The fourth-order valence-corrected chi connectivity index (χ4v) is 1.39. The second kappa shape index (κ2) is 6.94. The Kier molecular flexibility index (Phi) is 5.56. The zero-order valence-corrected chi connectivity index (χ0v) is 10.4. The number of halogens is 1. The predicted molar refractivity (Wildman–Crippen MR) is 63.6 cm³/mol. The molecular formula is C13H16FNO3. The number of aliphatic hydroxyl groups is 1. The number of nitrogens with zero attached hydrogens (tertiary/aromatic N) is 1. The van der Waals surface area contributed by atoms with Crippen LogP contribution in [-0.2, 0) is 4.74 Å². The van der Waals surface area contributed by atoms with Crippen molar-refractivity contribution in [2.75, 3.05) is 13.2 Å². The molecule has 0 amide bonds. The van der Waals surface area contributed by atoms with E-state index in [0.717, 1.165) is 0 Å². The zero-order valence-electron chi connectivity index (χ0n) is 10.4. The van der Waals surface area contributed by atoms with Crippen molar-refractivity contribution in [2.45, 2.75) is 26.1 Å². The lowest BCUT2D eigenvalue weighted by Crippen LogP contribution is -2.13. The highest BCUT2D eigenvalue weighted by atomic mass is 19.1. The van der Waals surface area contributed by atoms with E-state index in [1.807, 2.05) is 6.07 Å². The summed E-state index contributed by atoms with van der Waals surface area (Å²) in [4.78, 5) is 0. The fourth-order valence-electron chi connectivity index (χ4n) is 1.39. The van der Waals surface area contributed by atoms with Crippen LogP contribution in [0.15, 0.2) is 18.2 Å². The number of ether oxygens (including phenoxy) is 2. The van der Waals surface area contributed by atoms with Gasteiger partial charge in [-0.2, -0.15) is 5.26 Å². The first-order valence-electron chi connectivity index (χ1n) is 5.66. The van der Waals surface area contributed by atoms with Gasteiger partial charge in [0.1, 0.15) is 24.3 Å². The van der Waals surface area contributed by atoms with E-state index in [1.165, 1.54) is 18.2 Å². The monoisotopic (exact) mass is 253 g/mol. The Hall–Kier alpha value is -1.64. The molecule has 0 aliphatic carbocycles. The summed E-state index contributed by atoms with van der Waals surface area (Å²) in [5, 5.41) is 18.0. The summed E-state index contributed by atoms with van der Waals surface area (Å²) in [6.07, 6.45) is -1.24. The molecule has 0 fully saturated rings. The van der Waals surface area contributed by atoms with Crippen LogP contribution in [0.2, 0.25) is 0 Å². The van der Waals surface area contributed by atoms with Crippen LogP contribution in [0.3, 0.4) is 0 Å². The molecule has 1 aromatic rings. The number of nitriles is 1. The molecule has 0 aromatic heterocycles. The van der Waals surface area contributed by atoms with Gasteiger partial charge >= 0.3 is 0 Å². The summed E-state index contributed by atoms with van der Waals surface area (Å²) in [6, 6.07) is 5.89. The third kappa shape index (κ3) is 4.32. The second-order valence-electron chi connectivity index (χ2n) is 3.85. The molecule has 0 saturated carbocycles. The van der Waals surface area contributed by atoms with Crippen molar-refractivity contribution in [2.24, 2.45) is 0 Å². The van der Waals surface area contributed by atoms with Gasteiger partial charge in [-0.1, -0.05) is 0 Å². The van der Waals surface area contributed by atoms with Crippen LogP contribution < -0.4 is 4.74 Å². The fraction of sp³-hybridized carbons (Fsp3) is 0.462. The summed E-state index contributed by atoms with van der Waals surface area (Å²) in [5.41, 5.74) is 0.518. The van der Waals surface area contributed by atoms with E-state index in [0.29, 0.717) is 11.3 Å². The van der Waals surface area contributed by atoms with Gasteiger partial charge in [0.15, 0.2) is 0 Å². The van der Waals surface area contributed by atoms with E-state index in [2.05, 4.69) is 0 Å². The van der Waals surface area contributed by atoms with E-state index >= 15 is 0 Å². The molecule has 1 aromatic carbocycles. The van der Waals surface area contributed by atoms with Crippen LogP contribution in [0.5, 0.6) is 5.75 Å². The maximum Gasteiger partial charge on any atom is 0.141 e. The molecule has 18 heavy (non-hydrogen) atoms. The maximum atomic E-state index is 13.1. The van der Waals surface area contributed by atoms with Gasteiger partial charge in [0.25, 0.3) is 0 Å². The quantitative estimate of drug-likeness (QED) is 0.789. The number of benzene rings is 1. The molecule has 5 heteroatoms. The molecule has 0 spiro atoms. The molecule has 98 valence electrons. The molecule has 0 saturated heterocycles. The SMILES string of the molecule is CC(C#N)OCCOc1cc(F)ccc1[C@@H](C)O. The molecule has 2 atom stereocenters. The smallest absolute Gasteiger partial charge is 0.141 e. The summed E-state index contributed by atoms with van der Waals surface area (Å²) in [5.74, 6) is -0.140. The van der Waals surface area contributed by atoms with Gasteiger partial charge in [-0.3, -0.25) is 0 Å². The largest absolute Gasteiger partial charge is 0.491 e. The Labute approximate surface area is 106 Å². The lowest BCUT2D eigenvalue weighted by atomic mass is 10.1. The minimum Gasteiger partial charge on any atom is -0.491 e. The van der Waals surface area contributed by atoms with Gasteiger partial charge in [0.2, 0.25) is 0 Å². The highest BCUT2D eigenvalue weighted by molar-refractivity contribution is 5.35. The van der Waals surface area contributed by atoms with Crippen molar-refractivity contribution < 1.29 is 19.0 Å². The molecule has 1 N–H and O–H groups in total. The average Bonchev–Trinajstić information content (AvgIpc) is 2.34. The zero-order chi connectivity index (χ0) is 13.5. The van der Waals surface area contributed by atoms with Crippen molar-refractivity contribution in [1.82, 2.24) is 0 Å². The van der Waals surface area contributed by atoms with Crippen LogP contribution in [0.25, 0.3) is 0 Å². The third-order valence-electron chi connectivity index (χ3n) is 2.32.